The maximum Gasteiger partial charge on any atom is 0.256 e. The number of hydrogen-bond donors (Lipinski definition) is 1. The SMILES string of the molecule is CN1CCN(c2ccc(NC3CC(=O)N(c4cccc(Cl)c4)C3=O)cc2)CC1. The number of benzene rings is 2. The largest absolute Gasteiger partial charge is 0.373 e. The quantitative estimate of drug-likeness (QED) is 0.802. The van der Waals surface area contributed by atoms with Gasteiger partial charge in [0, 0.05) is 42.6 Å². The summed E-state index contributed by atoms with van der Waals surface area (Å²) in [5, 5.41) is 3.70. The highest BCUT2D eigenvalue weighted by atomic mass is 35.5. The molecule has 2 aromatic carbocycles. The number of anilines is 3. The second-order valence-corrected chi connectivity index (χ2v) is 7.72. The first-order chi connectivity index (χ1) is 13.5. The highest BCUT2D eigenvalue weighted by Gasteiger charge is 2.39. The molecule has 0 bridgehead atoms. The smallest absolute Gasteiger partial charge is 0.256 e. The van der Waals surface area contributed by atoms with E-state index in [2.05, 4.69) is 34.3 Å². The van der Waals surface area contributed by atoms with Crippen LogP contribution in [0.1, 0.15) is 6.42 Å². The Morgan fingerprint density at radius 2 is 1.68 bits per heavy atom. The Labute approximate surface area is 169 Å². The number of nitrogens with one attached hydrogen (secondary N) is 1. The van der Waals surface area contributed by atoms with E-state index in [4.69, 9.17) is 11.6 Å². The number of halogens is 1. The fourth-order valence-corrected chi connectivity index (χ4v) is 3.85. The molecule has 1 unspecified atom stereocenters. The summed E-state index contributed by atoms with van der Waals surface area (Å²) in [6.45, 7) is 4.12. The third kappa shape index (κ3) is 3.84. The summed E-state index contributed by atoms with van der Waals surface area (Å²) in [6.07, 6.45) is 0.131. The third-order valence-electron chi connectivity index (χ3n) is 5.29. The van der Waals surface area contributed by atoms with Crippen molar-refractivity contribution in [1.29, 1.82) is 0 Å². The molecular formula is C21H23ClN4O2. The van der Waals surface area contributed by atoms with Gasteiger partial charge in [-0.2, -0.15) is 0 Å². The van der Waals surface area contributed by atoms with Crippen molar-refractivity contribution in [3.8, 4) is 0 Å². The van der Waals surface area contributed by atoms with E-state index in [1.807, 2.05) is 12.1 Å². The molecule has 1 atom stereocenters. The number of likely N-dealkylation sites (N-methyl/N-ethyl adjacent to an activating group) is 1. The van der Waals surface area contributed by atoms with E-state index in [1.165, 1.54) is 10.6 Å². The number of carbonyl (C=O) groups is 2. The molecule has 2 fully saturated rings. The lowest BCUT2D eigenvalue weighted by molar-refractivity contribution is -0.121. The van der Waals surface area contributed by atoms with E-state index in [1.54, 1.807) is 24.3 Å². The summed E-state index contributed by atoms with van der Waals surface area (Å²) in [5.74, 6) is -0.478. The van der Waals surface area contributed by atoms with Crippen molar-refractivity contribution in [3.05, 3.63) is 53.6 Å². The van der Waals surface area contributed by atoms with Gasteiger partial charge in [-0.3, -0.25) is 9.59 Å². The van der Waals surface area contributed by atoms with Gasteiger partial charge in [0.05, 0.1) is 12.1 Å². The third-order valence-corrected chi connectivity index (χ3v) is 5.52. The van der Waals surface area contributed by atoms with Gasteiger partial charge in [-0.05, 0) is 49.5 Å². The fourth-order valence-electron chi connectivity index (χ4n) is 3.67. The molecular weight excluding hydrogens is 376 g/mol. The average Bonchev–Trinajstić information content (AvgIpc) is 2.96. The second-order valence-electron chi connectivity index (χ2n) is 7.29. The lowest BCUT2D eigenvalue weighted by Gasteiger charge is -2.34. The minimum absolute atomic E-state index is 0.131. The number of piperazine rings is 1. The van der Waals surface area contributed by atoms with Crippen LogP contribution in [0.2, 0.25) is 5.02 Å². The van der Waals surface area contributed by atoms with Gasteiger partial charge in [0.15, 0.2) is 0 Å². The molecule has 2 amide bonds. The van der Waals surface area contributed by atoms with Crippen LogP contribution in [-0.2, 0) is 9.59 Å². The van der Waals surface area contributed by atoms with Crippen LogP contribution in [0.4, 0.5) is 17.1 Å². The topological polar surface area (TPSA) is 55.9 Å². The molecule has 28 heavy (non-hydrogen) atoms. The Kier molecular flexibility index (Phi) is 5.24. The van der Waals surface area contributed by atoms with Gasteiger partial charge in [0.25, 0.3) is 5.91 Å². The maximum atomic E-state index is 12.8. The summed E-state index contributed by atoms with van der Waals surface area (Å²) in [5.41, 5.74) is 2.52. The first-order valence-electron chi connectivity index (χ1n) is 9.44. The highest BCUT2D eigenvalue weighted by Crippen LogP contribution is 2.27. The molecule has 0 aromatic heterocycles. The average molecular weight is 399 g/mol. The highest BCUT2D eigenvalue weighted by molar-refractivity contribution is 6.31. The predicted molar refractivity (Wildman–Crippen MR) is 112 cm³/mol. The summed E-state index contributed by atoms with van der Waals surface area (Å²) >= 11 is 6.00. The van der Waals surface area contributed by atoms with Gasteiger partial charge in [-0.15, -0.1) is 0 Å². The Morgan fingerprint density at radius 3 is 2.36 bits per heavy atom. The molecule has 0 aliphatic carbocycles. The first kappa shape index (κ1) is 18.8. The van der Waals surface area contributed by atoms with Crippen molar-refractivity contribution < 1.29 is 9.59 Å². The van der Waals surface area contributed by atoms with E-state index in [0.29, 0.717) is 10.7 Å². The minimum atomic E-state index is -0.569. The molecule has 1 N–H and O–H groups in total. The zero-order valence-corrected chi connectivity index (χ0v) is 16.5. The first-order valence-corrected chi connectivity index (χ1v) is 9.81. The maximum absolute atomic E-state index is 12.8. The van der Waals surface area contributed by atoms with Crippen molar-refractivity contribution in [2.45, 2.75) is 12.5 Å². The summed E-state index contributed by atoms with van der Waals surface area (Å²) in [7, 11) is 2.14. The van der Waals surface area contributed by atoms with Gasteiger partial charge in [0.1, 0.15) is 6.04 Å². The van der Waals surface area contributed by atoms with Crippen molar-refractivity contribution in [3.63, 3.8) is 0 Å². The molecule has 0 spiro atoms. The van der Waals surface area contributed by atoms with Crippen LogP contribution < -0.4 is 15.1 Å². The standard InChI is InChI=1S/C21H23ClN4O2/c1-24-9-11-25(12-10-24)17-7-5-16(6-8-17)23-19-14-20(27)26(21(19)28)18-4-2-3-15(22)13-18/h2-8,13,19,23H,9-12,14H2,1H3. The normalized spacial score (nSPS) is 20.7. The monoisotopic (exact) mass is 398 g/mol. The van der Waals surface area contributed by atoms with Crippen molar-refractivity contribution in [1.82, 2.24) is 4.90 Å². The predicted octanol–water partition coefficient (Wildman–Crippen LogP) is 2.84. The molecule has 6 nitrogen and oxygen atoms in total. The molecule has 2 saturated heterocycles. The molecule has 146 valence electrons. The van der Waals surface area contributed by atoms with Gasteiger partial charge in [-0.1, -0.05) is 17.7 Å². The molecule has 2 aliphatic rings. The second kappa shape index (κ2) is 7.81. The molecule has 7 heteroatoms. The minimum Gasteiger partial charge on any atom is -0.373 e. The van der Waals surface area contributed by atoms with E-state index in [9.17, 15) is 9.59 Å². The van der Waals surface area contributed by atoms with E-state index in [-0.39, 0.29) is 18.2 Å². The van der Waals surface area contributed by atoms with E-state index < -0.39 is 6.04 Å². The lowest BCUT2D eigenvalue weighted by Crippen LogP contribution is -2.44. The van der Waals surface area contributed by atoms with Crippen LogP contribution in [0, 0.1) is 0 Å². The van der Waals surface area contributed by atoms with Crippen LogP contribution >= 0.6 is 11.6 Å². The summed E-state index contributed by atoms with van der Waals surface area (Å²) < 4.78 is 0. The Bertz CT molecular complexity index is 878. The van der Waals surface area contributed by atoms with Crippen molar-refractivity contribution in [2.24, 2.45) is 0 Å². The summed E-state index contributed by atoms with van der Waals surface area (Å²) in [6, 6.07) is 14.3. The number of nitrogens with zero attached hydrogens (tertiary/aromatic N) is 3. The zero-order chi connectivity index (χ0) is 19.7. The zero-order valence-electron chi connectivity index (χ0n) is 15.8. The van der Waals surface area contributed by atoms with Gasteiger partial charge in [-0.25, -0.2) is 4.90 Å². The molecule has 4 rings (SSSR count). The lowest BCUT2D eigenvalue weighted by atomic mass is 10.2. The number of amides is 2. The van der Waals surface area contributed by atoms with E-state index in [0.717, 1.165) is 31.9 Å². The Balaban J connectivity index is 1.43. The van der Waals surface area contributed by atoms with Gasteiger partial charge in [0.2, 0.25) is 5.91 Å². The van der Waals surface area contributed by atoms with Gasteiger partial charge < -0.3 is 15.1 Å². The summed E-state index contributed by atoms with van der Waals surface area (Å²) in [4.78, 5) is 31.0. The van der Waals surface area contributed by atoms with Crippen LogP contribution in [0.25, 0.3) is 0 Å². The van der Waals surface area contributed by atoms with Crippen LogP contribution in [-0.4, -0.2) is 56.0 Å². The fraction of sp³-hybridized carbons (Fsp3) is 0.333. The van der Waals surface area contributed by atoms with Crippen LogP contribution in [0.3, 0.4) is 0 Å². The van der Waals surface area contributed by atoms with Crippen LogP contribution in [0.5, 0.6) is 0 Å². The number of carbonyl (C=O) groups excluding carboxylic acids is 2. The molecule has 0 saturated carbocycles. The number of imide groups is 1. The molecule has 2 aromatic rings. The molecule has 2 aliphatic heterocycles. The Morgan fingerprint density at radius 1 is 0.964 bits per heavy atom. The van der Waals surface area contributed by atoms with E-state index >= 15 is 0 Å². The van der Waals surface area contributed by atoms with Crippen LogP contribution in [0.15, 0.2) is 48.5 Å². The Hall–Kier alpha value is -2.57. The molecule has 0 radical (unpaired) electrons. The van der Waals surface area contributed by atoms with Crippen molar-refractivity contribution >= 4 is 40.5 Å². The van der Waals surface area contributed by atoms with Gasteiger partial charge >= 0.3 is 0 Å². The van der Waals surface area contributed by atoms with Crippen molar-refractivity contribution in [2.75, 3.05) is 48.3 Å². The number of rotatable bonds is 4. The molecule has 2 heterocycles. The number of hydrogen-bond acceptors (Lipinski definition) is 5.